The lowest BCUT2D eigenvalue weighted by atomic mass is 9.74. The number of amides is 1. The van der Waals surface area contributed by atoms with E-state index in [1.807, 2.05) is 9.80 Å². The van der Waals surface area contributed by atoms with Crippen LogP contribution < -0.4 is 4.90 Å². The van der Waals surface area contributed by atoms with Crippen LogP contribution in [0.25, 0.3) is 0 Å². The van der Waals surface area contributed by atoms with Gasteiger partial charge in [0.15, 0.2) is 0 Å². The number of benzene rings is 1. The molecule has 0 spiro atoms. The van der Waals surface area contributed by atoms with Crippen LogP contribution in [0.15, 0.2) is 29.1 Å². The third kappa shape index (κ3) is 4.51. The maximum absolute atomic E-state index is 13.6. The Hall–Kier alpha value is -2.64. The fraction of sp³-hybridized carbons (Fsp3) is 0.542. The first-order valence-corrected chi connectivity index (χ1v) is 12.3. The zero-order valence-corrected chi connectivity index (χ0v) is 19.4. The summed E-state index contributed by atoms with van der Waals surface area (Å²) in [5, 5.41) is 10.9. The lowest BCUT2D eigenvalue weighted by Crippen LogP contribution is -2.53. The number of hydrogen-bond acceptors (Lipinski definition) is 6. The van der Waals surface area contributed by atoms with Gasteiger partial charge >= 0.3 is 6.18 Å². The second-order valence-corrected chi connectivity index (χ2v) is 10.3. The molecule has 1 amide bonds. The molecule has 3 heterocycles. The highest BCUT2D eigenvalue weighted by Crippen LogP contribution is 2.45. The molecule has 10 heteroatoms. The van der Waals surface area contributed by atoms with Crippen molar-refractivity contribution in [3.8, 4) is 6.07 Å². The molecule has 2 saturated heterocycles. The van der Waals surface area contributed by atoms with Crippen LogP contribution in [0.2, 0.25) is 0 Å². The van der Waals surface area contributed by atoms with Crippen LogP contribution in [0.3, 0.4) is 0 Å². The predicted molar refractivity (Wildman–Crippen MR) is 120 cm³/mol. The first-order chi connectivity index (χ1) is 16.3. The van der Waals surface area contributed by atoms with Crippen molar-refractivity contribution in [1.29, 1.82) is 5.26 Å². The minimum Gasteiger partial charge on any atom is -0.380 e. The Kier molecular flexibility index (Phi) is 6.02. The smallest absolute Gasteiger partial charge is 0.380 e. The number of ether oxygens (including phenoxy) is 1. The van der Waals surface area contributed by atoms with Crippen molar-refractivity contribution < 1.29 is 22.7 Å². The SMILES string of the molecule is N#Cc1ccc(N2CC3CCN(C(=O)c4cscn4)CC3(COCC3CC3)C2)cc1C(F)(F)F. The molecule has 2 aliphatic heterocycles. The van der Waals surface area contributed by atoms with Crippen molar-refractivity contribution in [2.45, 2.75) is 25.4 Å². The Morgan fingerprint density at radius 3 is 2.79 bits per heavy atom. The zero-order valence-electron chi connectivity index (χ0n) is 18.6. The topological polar surface area (TPSA) is 69.5 Å². The van der Waals surface area contributed by atoms with E-state index in [1.54, 1.807) is 23.0 Å². The quantitative estimate of drug-likeness (QED) is 0.599. The summed E-state index contributed by atoms with van der Waals surface area (Å²) >= 11 is 1.37. The fourth-order valence-corrected chi connectivity index (χ4v) is 5.74. The molecule has 2 aromatic rings. The lowest BCUT2D eigenvalue weighted by molar-refractivity contribution is -0.137. The molecule has 3 fully saturated rings. The van der Waals surface area contributed by atoms with Crippen LogP contribution in [0.1, 0.15) is 40.9 Å². The summed E-state index contributed by atoms with van der Waals surface area (Å²) in [5.41, 5.74) is 0.839. The van der Waals surface area contributed by atoms with Gasteiger partial charge in [0.1, 0.15) is 5.69 Å². The zero-order chi connectivity index (χ0) is 23.9. The molecule has 1 saturated carbocycles. The summed E-state index contributed by atoms with van der Waals surface area (Å²) in [6, 6.07) is 5.55. The van der Waals surface area contributed by atoms with E-state index in [9.17, 15) is 18.0 Å². The van der Waals surface area contributed by atoms with Crippen LogP contribution in [0.5, 0.6) is 0 Å². The molecular formula is C24H25F3N4O2S. The van der Waals surface area contributed by atoms with E-state index in [2.05, 4.69) is 4.98 Å². The van der Waals surface area contributed by atoms with E-state index in [1.165, 1.54) is 30.2 Å². The van der Waals surface area contributed by atoms with Crippen LogP contribution >= 0.6 is 11.3 Å². The van der Waals surface area contributed by atoms with Crippen LogP contribution in [0, 0.1) is 28.6 Å². The maximum Gasteiger partial charge on any atom is 0.417 e. The number of alkyl halides is 3. The number of carbonyl (C=O) groups excluding carboxylic acids is 1. The third-order valence-corrected chi connectivity index (χ3v) is 7.83. The molecule has 6 nitrogen and oxygen atoms in total. The van der Waals surface area contributed by atoms with Crippen molar-refractivity contribution in [1.82, 2.24) is 9.88 Å². The first-order valence-electron chi connectivity index (χ1n) is 11.4. The van der Waals surface area contributed by atoms with Crippen LogP contribution in [-0.4, -0.2) is 55.2 Å². The van der Waals surface area contributed by atoms with Crippen molar-refractivity contribution in [3.63, 3.8) is 0 Å². The second kappa shape index (κ2) is 8.86. The van der Waals surface area contributed by atoms with E-state index in [0.717, 1.165) is 12.5 Å². The Bertz CT molecular complexity index is 1100. The summed E-state index contributed by atoms with van der Waals surface area (Å²) in [6.07, 6.45) is -1.51. The highest BCUT2D eigenvalue weighted by atomic mass is 32.1. The average Bonchev–Trinajstić information content (AvgIpc) is 3.32. The summed E-state index contributed by atoms with van der Waals surface area (Å²) in [4.78, 5) is 20.9. The molecule has 180 valence electrons. The molecule has 1 aromatic carbocycles. The molecule has 0 N–H and O–H groups in total. The second-order valence-electron chi connectivity index (χ2n) is 9.63. The number of likely N-dealkylation sites (tertiary alicyclic amines) is 1. The van der Waals surface area contributed by atoms with Gasteiger partial charge in [-0.25, -0.2) is 4.98 Å². The molecule has 0 bridgehead atoms. The predicted octanol–water partition coefficient (Wildman–Crippen LogP) is 4.43. The molecule has 2 unspecified atom stereocenters. The molecule has 3 aliphatic rings. The number of nitrogens with zero attached hydrogens (tertiary/aromatic N) is 4. The Morgan fingerprint density at radius 1 is 1.29 bits per heavy atom. The average molecular weight is 491 g/mol. The fourth-order valence-electron chi connectivity index (χ4n) is 5.21. The molecule has 1 aliphatic carbocycles. The molecular weight excluding hydrogens is 465 g/mol. The number of fused-ring (bicyclic) bond motifs is 1. The summed E-state index contributed by atoms with van der Waals surface area (Å²) in [5.74, 6) is 0.671. The van der Waals surface area contributed by atoms with E-state index >= 15 is 0 Å². The van der Waals surface area contributed by atoms with E-state index in [4.69, 9.17) is 10.00 Å². The van der Waals surface area contributed by atoms with Crippen LogP contribution in [-0.2, 0) is 10.9 Å². The van der Waals surface area contributed by atoms with Gasteiger partial charge in [-0.2, -0.15) is 18.4 Å². The largest absolute Gasteiger partial charge is 0.417 e. The summed E-state index contributed by atoms with van der Waals surface area (Å²) in [6.45, 7) is 3.30. The molecule has 1 aromatic heterocycles. The minimum atomic E-state index is -4.60. The number of halogens is 3. The van der Waals surface area contributed by atoms with Crippen molar-refractivity contribution >= 4 is 22.9 Å². The van der Waals surface area contributed by atoms with Gasteiger partial charge in [-0.3, -0.25) is 4.79 Å². The van der Waals surface area contributed by atoms with Crippen molar-refractivity contribution in [2.75, 3.05) is 44.3 Å². The first kappa shape index (κ1) is 23.1. The Labute approximate surface area is 199 Å². The van der Waals surface area contributed by atoms with Crippen LogP contribution in [0.4, 0.5) is 18.9 Å². The number of aromatic nitrogens is 1. The third-order valence-electron chi connectivity index (χ3n) is 7.24. The van der Waals surface area contributed by atoms with Crippen molar-refractivity contribution in [3.05, 3.63) is 45.9 Å². The van der Waals surface area contributed by atoms with Gasteiger partial charge in [0.05, 0.1) is 29.3 Å². The van der Waals surface area contributed by atoms with Gasteiger partial charge in [-0.05, 0) is 49.3 Å². The number of rotatable bonds is 6. The van der Waals surface area contributed by atoms with Gasteiger partial charge in [0.2, 0.25) is 0 Å². The number of nitriles is 1. The number of piperidine rings is 1. The molecule has 2 atom stereocenters. The van der Waals surface area contributed by atoms with Gasteiger partial charge in [-0.15, -0.1) is 11.3 Å². The number of hydrogen-bond donors (Lipinski definition) is 0. The minimum absolute atomic E-state index is 0.113. The maximum atomic E-state index is 13.6. The van der Waals surface area contributed by atoms with Gasteiger partial charge < -0.3 is 14.5 Å². The highest BCUT2D eigenvalue weighted by Gasteiger charge is 2.51. The Morgan fingerprint density at radius 2 is 2.12 bits per heavy atom. The summed E-state index contributed by atoms with van der Waals surface area (Å²) in [7, 11) is 0. The standard InChI is InChI=1S/C24H25F3N4O2S/c25-24(26,27)20-7-19(4-3-17(20)8-28)31-9-18-5-6-30(22(32)21-11-34-15-29-21)12-23(18,13-31)14-33-10-16-1-2-16/h3-4,7,11,15-16,18H,1-2,5-6,9-10,12-14H2. The van der Waals surface area contributed by atoms with E-state index in [0.29, 0.717) is 56.7 Å². The van der Waals surface area contributed by atoms with E-state index in [-0.39, 0.29) is 22.8 Å². The normalized spacial score (nSPS) is 24.7. The number of thiazole rings is 1. The molecule has 0 radical (unpaired) electrons. The monoisotopic (exact) mass is 490 g/mol. The highest BCUT2D eigenvalue weighted by molar-refractivity contribution is 7.07. The Balaban J connectivity index is 1.40. The summed E-state index contributed by atoms with van der Waals surface area (Å²) < 4.78 is 46.8. The van der Waals surface area contributed by atoms with Crippen molar-refractivity contribution in [2.24, 2.45) is 17.3 Å². The number of carbonyl (C=O) groups is 1. The molecule has 34 heavy (non-hydrogen) atoms. The van der Waals surface area contributed by atoms with Gasteiger partial charge in [-0.1, -0.05) is 0 Å². The van der Waals surface area contributed by atoms with Gasteiger partial charge in [0.25, 0.3) is 5.91 Å². The van der Waals surface area contributed by atoms with Gasteiger partial charge in [0, 0.05) is 49.3 Å². The molecule has 5 rings (SSSR count). The van der Waals surface area contributed by atoms with E-state index < -0.39 is 11.7 Å². The number of anilines is 1. The lowest BCUT2D eigenvalue weighted by Gasteiger charge is -2.43.